The standard InChI is InChI=1S/C12H12BrN3O/c1-17-12-10(6-14)11(15-7-16-12)8-3-2-4-9(13)5-8/h2-5,7H,6,14H2,1H3. The second kappa shape index (κ2) is 5.25. The summed E-state index contributed by atoms with van der Waals surface area (Å²) in [7, 11) is 1.58. The molecular weight excluding hydrogens is 282 g/mol. The average molecular weight is 294 g/mol. The average Bonchev–Trinajstić information content (AvgIpc) is 2.37. The Balaban J connectivity index is 2.59. The van der Waals surface area contributed by atoms with Crippen molar-refractivity contribution >= 4 is 15.9 Å². The van der Waals surface area contributed by atoms with Gasteiger partial charge in [-0.3, -0.25) is 0 Å². The molecule has 0 amide bonds. The molecule has 0 aliphatic carbocycles. The van der Waals surface area contributed by atoms with Gasteiger partial charge < -0.3 is 10.5 Å². The zero-order valence-corrected chi connectivity index (χ0v) is 10.9. The molecule has 0 spiro atoms. The second-order valence-electron chi connectivity index (χ2n) is 3.42. The molecule has 5 heteroatoms. The topological polar surface area (TPSA) is 61.0 Å². The molecule has 0 aliphatic heterocycles. The summed E-state index contributed by atoms with van der Waals surface area (Å²) in [6.45, 7) is 0.339. The fraction of sp³-hybridized carbons (Fsp3) is 0.167. The molecule has 0 unspecified atom stereocenters. The Bertz CT molecular complexity index is 531. The highest BCUT2D eigenvalue weighted by atomic mass is 79.9. The number of nitrogens with zero attached hydrogens (tertiary/aromatic N) is 2. The first-order chi connectivity index (χ1) is 8.26. The van der Waals surface area contributed by atoms with Gasteiger partial charge in [-0.1, -0.05) is 28.1 Å². The number of rotatable bonds is 3. The number of aromatic nitrogens is 2. The second-order valence-corrected chi connectivity index (χ2v) is 4.34. The molecule has 0 saturated heterocycles. The molecule has 2 rings (SSSR count). The minimum atomic E-state index is 0.339. The first-order valence-corrected chi connectivity index (χ1v) is 5.89. The molecule has 0 saturated carbocycles. The maximum absolute atomic E-state index is 5.73. The number of halogens is 1. The van der Waals surface area contributed by atoms with E-state index < -0.39 is 0 Å². The van der Waals surface area contributed by atoms with Gasteiger partial charge >= 0.3 is 0 Å². The third-order valence-corrected chi connectivity index (χ3v) is 2.89. The minimum Gasteiger partial charge on any atom is -0.481 e. The maximum Gasteiger partial charge on any atom is 0.221 e. The molecule has 0 radical (unpaired) electrons. The van der Waals surface area contributed by atoms with Crippen LogP contribution in [0.2, 0.25) is 0 Å². The van der Waals surface area contributed by atoms with Crippen LogP contribution in [0, 0.1) is 0 Å². The first-order valence-electron chi connectivity index (χ1n) is 5.10. The molecule has 88 valence electrons. The normalized spacial score (nSPS) is 10.3. The van der Waals surface area contributed by atoms with Gasteiger partial charge in [0.1, 0.15) is 6.33 Å². The van der Waals surface area contributed by atoms with E-state index in [0.717, 1.165) is 21.3 Å². The van der Waals surface area contributed by atoms with Crippen LogP contribution in [0.15, 0.2) is 35.1 Å². The molecule has 4 nitrogen and oxygen atoms in total. The molecule has 17 heavy (non-hydrogen) atoms. The van der Waals surface area contributed by atoms with Crippen LogP contribution >= 0.6 is 15.9 Å². The van der Waals surface area contributed by atoms with E-state index in [0.29, 0.717) is 12.4 Å². The van der Waals surface area contributed by atoms with Gasteiger partial charge in [-0.25, -0.2) is 9.97 Å². The highest BCUT2D eigenvalue weighted by molar-refractivity contribution is 9.10. The van der Waals surface area contributed by atoms with Gasteiger partial charge in [-0.2, -0.15) is 0 Å². The Morgan fingerprint density at radius 1 is 1.35 bits per heavy atom. The van der Waals surface area contributed by atoms with E-state index in [4.69, 9.17) is 10.5 Å². The largest absolute Gasteiger partial charge is 0.481 e. The minimum absolute atomic E-state index is 0.339. The van der Waals surface area contributed by atoms with Gasteiger partial charge in [-0.05, 0) is 12.1 Å². The van der Waals surface area contributed by atoms with Crippen molar-refractivity contribution in [3.63, 3.8) is 0 Å². The summed E-state index contributed by atoms with van der Waals surface area (Å²) in [6.07, 6.45) is 1.48. The van der Waals surface area contributed by atoms with E-state index in [9.17, 15) is 0 Å². The van der Waals surface area contributed by atoms with E-state index in [1.807, 2.05) is 24.3 Å². The highest BCUT2D eigenvalue weighted by Crippen LogP contribution is 2.28. The summed E-state index contributed by atoms with van der Waals surface area (Å²) in [4.78, 5) is 8.33. The van der Waals surface area contributed by atoms with E-state index in [1.165, 1.54) is 6.33 Å². The lowest BCUT2D eigenvalue weighted by atomic mass is 10.1. The molecule has 0 fully saturated rings. The van der Waals surface area contributed by atoms with Gasteiger partial charge in [0.25, 0.3) is 0 Å². The van der Waals surface area contributed by atoms with Gasteiger partial charge in [0.05, 0.1) is 18.4 Å². The quantitative estimate of drug-likeness (QED) is 0.944. The number of benzene rings is 1. The summed E-state index contributed by atoms with van der Waals surface area (Å²) in [5.41, 5.74) is 8.34. The lowest BCUT2D eigenvalue weighted by molar-refractivity contribution is 0.392. The van der Waals surface area contributed by atoms with Crippen LogP contribution in [0.4, 0.5) is 0 Å². The number of ether oxygens (including phenoxy) is 1. The Labute approximate surface area is 108 Å². The number of methoxy groups -OCH3 is 1. The highest BCUT2D eigenvalue weighted by Gasteiger charge is 2.12. The van der Waals surface area contributed by atoms with Crippen molar-refractivity contribution in [1.29, 1.82) is 0 Å². The zero-order chi connectivity index (χ0) is 12.3. The van der Waals surface area contributed by atoms with Crippen molar-refractivity contribution in [3.05, 3.63) is 40.6 Å². The SMILES string of the molecule is COc1ncnc(-c2cccc(Br)c2)c1CN. The van der Waals surface area contributed by atoms with Crippen molar-refractivity contribution in [2.24, 2.45) is 5.73 Å². The molecule has 2 aromatic rings. The van der Waals surface area contributed by atoms with Crippen LogP contribution in [-0.2, 0) is 6.54 Å². The van der Waals surface area contributed by atoms with Gasteiger partial charge in [-0.15, -0.1) is 0 Å². The first kappa shape index (κ1) is 12.0. The molecule has 0 atom stereocenters. The Kier molecular flexibility index (Phi) is 3.71. The van der Waals surface area contributed by atoms with Crippen LogP contribution in [0.25, 0.3) is 11.3 Å². The molecule has 0 bridgehead atoms. The number of hydrogen-bond donors (Lipinski definition) is 1. The lowest BCUT2D eigenvalue weighted by Crippen LogP contribution is -2.05. The van der Waals surface area contributed by atoms with Gasteiger partial charge in [0.15, 0.2) is 0 Å². The van der Waals surface area contributed by atoms with Crippen molar-refractivity contribution in [1.82, 2.24) is 9.97 Å². The Morgan fingerprint density at radius 3 is 2.82 bits per heavy atom. The molecule has 1 aromatic carbocycles. The van der Waals surface area contributed by atoms with E-state index in [1.54, 1.807) is 7.11 Å². The Hall–Kier alpha value is -1.46. The fourth-order valence-electron chi connectivity index (χ4n) is 1.64. The van der Waals surface area contributed by atoms with Crippen molar-refractivity contribution in [2.45, 2.75) is 6.54 Å². The van der Waals surface area contributed by atoms with Crippen LogP contribution in [-0.4, -0.2) is 17.1 Å². The van der Waals surface area contributed by atoms with Crippen LogP contribution in [0.5, 0.6) is 5.88 Å². The third-order valence-electron chi connectivity index (χ3n) is 2.40. The van der Waals surface area contributed by atoms with E-state index in [-0.39, 0.29) is 0 Å². The zero-order valence-electron chi connectivity index (χ0n) is 9.35. The summed E-state index contributed by atoms with van der Waals surface area (Å²) in [6, 6.07) is 7.88. The summed E-state index contributed by atoms with van der Waals surface area (Å²) in [5.74, 6) is 0.525. The predicted molar refractivity (Wildman–Crippen MR) is 69.6 cm³/mol. The van der Waals surface area contributed by atoms with Crippen LogP contribution in [0.1, 0.15) is 5.56 Å². The third kappa shape index (κ3) is 2.45. The molecule has 0 aliphatic rings. The maximum atomic E-state index is 5.73. The summed E-state index contributed by atoms with van der Waals surface area (Å²) >= 11 is 3.44. The van der Waals surface area contributed by atoms with Gasteiger partial charge in [0, 0.05) is 16.6 Å². The van der Waals surface area contributed by atoms with E-state index in [2.05, 4.69) is 25.9 Å². The van der Waals surface area contributed by atoms with Gasteiger partial charge in [0.2, 0.25) is 5.88 Å². The predicted octanol–water partition coefficient (Wildman–Crippen LogP) is 2.37. The number of hydrogen-bond acceptors (Lipinski definition) is 4. The summed E-state index contributed by atoms with van der Waals surface area (Å²) < 4.78 is 6.18. The van der Waals surface area contributed by atoms with Crippen molar-refractivity contribution in [2.75, 3.05) is 7.11 Å². The summed E-state index contributed by atoms with van der Waals surface area (Å²) in [5, 5.41) is 0. The van der Waals surface area contributed by atoms with Crippen molar-refractivity contribution < 1.29 is 4.74 Å². The molecule has 1 heterocycles. The van der Waals surface area contributed by atoms with Crippen LogP contribution < -0.4 is 10.5 Å². The lowest BCUT2D eigenvalue weighted by Gasteiger charge is -2.10. The van der Waals surface area contributed by atoms with Crippen molar-refractivity contribution in [3.8, 4) is 17.1 Å². The fourth-order valence-corrected chi connectivity index (χ4v) is 2.04. The molecular formula is C12H12BrN3O. The molecule has 2 N–H and O–H groups in total. The monoisotopic (exact) mass is 293 g/mol. The van der Waals surface area contributed by atoms with Crippen LogP contribution in [0.3, 0.4) is 0 Å². The van der Waals surface area contributed by atoms with E-state index >= 15 is 0 Å². The Morgan fingerprint density at radius 2 is 2.18 bits per heavy atom. The smallest absolute Gasteiger partial charge is 0.221 e. The number of nitrogens with two attached hydrogens (primary N) is 1. The molecule has 1 aromatic heterocycles.